The average molecular weight is 442 g/mol. The predicted octanol–water partition coefficient (Wildman–Crippen LogP) is 1.96. The zero-order chi connectivity index (χ0) is 22.1. The molecule has 3 heterocycles. The van der Waals surface area contributed by atoms with Crippen LogP contribution >= 0.6 is 0 Å². The van der Waals surface area contributed by atoms with E-state index in [9.17, 15) is 14.3 Å². The Morgan fingerprint density at radius 1 is 1.06 bits per heavy atom. The minimum Gasteiger partial charge on any atom is -0.493 e. The Hall–Kier alpha value is -2.68. The monoisotopic (exact) mass is 441 g/mol. The Bertz CT molecular complexity index is 958. The summed E-state index contributed by atoms with van der Waals surface area (Å²) in [4.78, 5) is 17.6. The van der Waals surface area contributed by atoms with E-state index >= 15 is 0 Å². The zero-order valence-electron chi connectivity index (χ0n) is 17.9. The zero-order valence-corrected chi connectivity index (χ0v) is 17.9. The fraction of sp³-hybridized carbons (Fsp3) is 0.458. The van der Waals surface area contributed by atoms with E-state index < -0.39 is 18.0 Å². The van der Waals surface area contributed by atoms with Gasteiger partial charge in [0.15, 0.2) is 0 Å². The second-order valence-corrected chi connectivity index (χ2v) is 8.60. The lowest BCUT2D eigenvalue weighted by molar-refractivity contribution is -0.0660. The van der Waals surface area contributed by atoms with E-state index in [2.05, 4.69) is 15.1 Å². The van der Waals surface area contributed by atoms with Gasteiger partial charge in [-0.15, -0.1) is 0 Å². The molecule has 2 saturated heterocycles. The fourth-order valence-electron chi connectivity index (χ4n) is 4.55. The maximum Gasteiger partial charge on any atom is 0.251 e. The summed E-state index contributed by atoms with van der Waals surface area (Å²) in [5.74, 6) is -0.0898. The molecule has 3 aliphatic rings. The van der Waals surface area contributed by atoms with Crippen molar-refractivity contribution in [2.45, 2.75) is 24.6 Å². The fourth-order valence-corrected chi connectivity index (χ4v) is 4.55. The van der Waals surface area contributed by atoms with Crippen LogP contribution in [0.3, 0.4) is 0 Å². The minimum absolute atomic E-state index is 0.345. The highest BCUT2D eigenvalue weighted by Gasteiger charge is 2.32. The highest BCUT2D eigenvalue weighted by atomic mass is 19.1. The highest BCUT2D eigenvalue weighted by molar-refractivity contribution is 5.94. The lowest BCUT2D eigenvalue weighted by Crippen LogP contribution is -2.56. The van der Waals surface area contributed by atoms with Gasteiger partial charge in [-0.2, -0.15) is 0 Å². The molecule has 2 aromatic rings. The van der Waals surface area contributed by atoms with Crippen LogP contribution in [-0.4, -0.2) is 74.1 Å². The number of ether oxygens (including phenoxy) is 2. The average Bonchev–Trinajstić information content (AvgIpc) is 2.92. The summed E-state index contributed by atoms with van der Waals surface area (Å²) in [7, 11) is 0. The van der Waals surface area contributed by atoms with E-state index in [0.29, 0.717) is 30.4 Å². The Morgan fingerprint density at radius 2 is 1.81 bits per heavy atom. The van der Waals surface area contributed by atoms with Gasteiger partial charge in [0.2, 0.25) is 0 Å². The highest BCUT2D eigenvalue weighted by Crippen LogP contribution is 2.35. The molecule has 0 spiro atoms. The van der Waals surface area contributed by atoms with E-state index in [0.717, 1.165) is 50.6 Å². The molecule has 0 saturated carbocycles. The first-order chi connectivity index (χ1) is 15.6. The Kier molecular flexibility index (Phi) is 5.99. The van der Waals surface area contributed by atoms with Gasteiger partial charge >= 0.3 is 0 Å². The van der Waals surface area contributed by atoms with Crippen molar-refractivity contribution >= 4 is 11.6 Å². The Morgan fingerprint density at radius 3 is 2.50 bits per heavy atom. The van der Waals surface area contributed by atoms with Crippen LogP contribution in [0.5, 0.6) is 5.75 Å². The third-order valence-corrected chi connectivity index (χ3v) is 6.59. The molecule has 1 amide bonds. The van der Waals surface area contributed by atoms with Crippen LogP contribution in [0.2, 0.25) is 0 Å². The lowest BCUT2D eigenvalue weighted by atomic mass is 9.98. The molecule has 8 heteroatoms. The molecule has 2 fully saturated rings. The van der Waals surface area contributed by atoms with E-state index in [4.69, 9.17) is 9.47 Å². The number of hydrogen-bond acceptors (Lipinski definition) is 6. The Balaban J connectivity index is 1.35. The molecule has 3 aliphatic heterocycles. The minimum atomic E-state index is -0.786. The second kappa shape index (κ2) is 9.05. The first kappa shape index (κ1) is 21.2. The van der Waals surface area contributed by atoms with Crippen LogP contribution in [0.1, 0.15) is 28.4 Å². The molecule has 170 valence electrons. The number of benzene rings is 2. The molecule has 0 aliphatic carbocycles. The molecule has 2 aromatic carbocycles. The van der Waals surface area contributed by atoms with E-state index in [-0.39, 0.29) is 5.91 Å². The van der Waals surface area contributed by atoms with E-state index in [1.165, 1.54) is 24.3 Å². The molecule has 2 N–H and O–H groups in total. The number of carbonyl (C=O) groups is 1. The normalized spacial score (nSPS) is 24.1. The summed E-state index contributed by atoms with van der Waals surface area (Å²) >= 11 is 0. The quantitative estimate of drug-likeness (QED) is 0.756. The summed E-state index contributed by atoms with van der Waals surface area (Å²) in [6, 6.07) is 11.3. The predicted molar refractivity (Wildman–Crippen MR) is 118 cm³/mol. The summed E-state index contributed by atoms with van der Waals surface area (Å²) < 4.78 is 24.4. The SMILES string of the molecule is O=C(NC1c2cc(N3CCN(C4COC4)CC3)ccc2OCCC1O)c1ccc(F)cc1. The first-order valence-electron chi connectivity index (χ1n) is 11.2. The number of anilines is 1. The molecular weight excluding hydrogens is 413 g/mol. The molecule has 0 bridgehead atoms. The van der Waals surface area contributed by atoms with Crippen molar-refractivity contribution < 1.29 is 23.8 Å². The summed E-state index contributed by atoms with van der Waals surface area (Å²) in [6.45, 7) is 5.80. The summed E-state index contributed by atoms with van der Waals surface area (Å²) in [5, 5.41) is 13.7. The summed E-state index contributed by atoms with van der Waals surface area (Å²) in [5.41, 5.74) is 2.15. The maximum absolute atomic E-state index is 13.2. The molecule has 5 rings (SSSR count). The van der Waals surface area contributed by atoms with Crippen molar-refractivity contribution in [1.82, 2.24) is 10.2 Å². The second-order valence-electron chi connectivity index (χ2n) is 8.60. The third-order valence-electron chi connectivity index (χ3n) is 6.59. The standard InChI is InChI=1S/C24H28FN3O4/c25-17-3-1-16(2-4-17)24(30)26-23-20-13-18(5-6-22(20)32-12-7-21(23)29)27-8-10-28(11-9-27)19-14-31-15-19/h1-6,13,19,21,23,29H,7-12,14-15H2,(H,26,30). The van der Waals surface area contributed by atoms with Crippen molar-refractivity contribution in [1.29, 1.82) is 0 Å². The lowest BCUT2D eigenvalue weighted by Gasteiger charge is -2.43. The number of aliphatic hydroxyl groups is 1. The maximum atomic E-state index is 13.2. The summed E-state index contributed by atoms with van der Waals surface area (Å²) in [6.07, 6.45) is -0.382. The van der Waals surface area contributed by atoms with Gasteiger partial charge in [-0.05, 0) is 42.5 Å². The molecule has 32 heavy (non-hydrogen) atoms. The van der Waals surface area contributed by atoms with Crippen molar-refractivity contribution in [3.05, 3.63) is 59.4 Å². The number of amides is 1. The molecule has 2 atom stereocenters. The molecule has 7 nitrogen and oxygen atoms in total. The Labute approximate surface area is 186 Å². The third kappa shape index (κ3) is 4.30. The number of nitrogens with one attached hydrogen (secondary N) is 1. The van der Waals surface area contributed by atoms with Gasteiger partial charge in [0.1, 0.15) is 11.6 Å². The molecule has 0 radical (unpaired) electrons. The topological polar surface area (TPSA) is 74.3 Å². The van der Waals surface area contributed by atoms with E-state index in [1.54, 1.807) is 0 Å². The van der Waals surface area contributed by atoms with Gasteiger partial charge in [-0.3, -0.25) is 9.69 Å². The largest absolute Gasteiger partial charge is 0.493 e. The van der Waals surface area contributed by atoms with Gasteiger partial charge < -0.3 is 24.8 Å². The number of fused-ring (bicyclic) bond motifs is 1. The number of carbonyl (C=O) groups excluding carboxylic acids is 1. The number of nitrogens with zero attached hydrogens (tertiary/aromatic N) is 2. The van der Waals surface area contributed by atoms with Crippen LogP contribution in [0, 0.1) is 5.82 Å². The van der Waals surface area contributed by atoms with Crippen LogP contribution in [0.4, 0.5) is 10.1 Å². The molecule has 0 aromatic heterocycles. The van der Waals surface area contributed by atoms with Gasteiger partial charge in [0.05, 0.1) is 38.0 Å². The number of hydrogen-bond donors (Lipinski definition) is 2. The van der Waals surface area contributed by atoms with Crippen LogP contribution in [-0.2, 0) is 4.74 Å². The van der Waals surface area contributed by atoms with Crippen LogP contribution in [0.25, 0.3) is 0 Å². The van der Waals surface area contributed by atoms with Crippen molar-refractivity contribution in [3.8, 4) is 5.75 Å². The van der Waals surface area contributed by atoms with Crippen molar-refractivity contribution in [2.75, 3.05) is 50.9 Å². The van der Waals surface area contributed by atoms with Gasteiger partial charge in [0, 0.05) is 49.4 Å². The number of rotatable bonds is 4. The number of aliphatic hydroxyl groups excluding tert-OH is 1. The number of piperazine rings is 1. The van der Waals surface area contributed by atoms with Gasteiger partial charge in [-0.25, -0.2) is 4.39 Å². The van der Waals surface area contributed by atoms with Gasteiger partial charge in [0.25, 0.3) is 5.91 Å². The smallest absolute Gasteiger partial charge is 0.251 e. The van der Waals surface area contributed by atoms with Crippen LogP contribution in [0.15, 0.2) is 42.5 Å². The number of halogens is 1. The van der Waals surface area contributed by atoms with Gasteiger partial charge in [-0.1, -0.05) is 0 Å². The van der Waals surface area contributed by atoms with Crippen molar-refractivity contribution in [2.24, 2.45) is 0 Å². The van der Waals surface area contributed by atoms with Crippen LogP contribution < -0.4 is 15.0 Å². The first-order valence-corrected chi connectivity index (χ1v) is 11.2. The molecule has 2 unspecified atom stereocenters. The van der Waals surface area contributed by atoms with Crippen molar-refractivity contribution in [3.63, 3.8) is 0 Å². The van der Waals surface area contributed by atoms with E-state index in [1.807, 2.05) is 18.2 Å². The molecular formula is C24H28FN3O4.